The van der Waals surface area contributed by atoms with Crippen molar-refractivity contribution in [2.45, 2.75) is 45.6 Å². The summed E-state index contributed by atoms with van der Waals surface area (Å²) in [5.74, 6) is -0.447. The minimum absolute atomic E-state index is 0.00841. The highest BCUT2D eigenvalue weighted by atomic mass is 16.5. The second-order valence-corrected chi connectivity index (χ2v) is 5.34. The Morgan fingerprint density at radius 3 is 2.59 bits per heavy atom. The molecule has 0 aromatic heterocycles. The Bertz CT molecular complexity index is 310. The van der Waals surface area contributed by atoms with Crippen LogP contribution < -0.4 is 5.32 Å². The number of hydrogen-bond acceptors (Lipinski definition) is 6. The molecule has 0 bridgehead atoms. The zero-order valence-electron chi connectivity index (χ0n) is 13.7. The van der Waals surface area contributed by atoms with Crippen LogP contribution in [-0.4, -0.2) is 72.5 Å². The average molecular weight is 318 g/mol. The van der Waals surface area contributed by atoms with E-state index in [1.165, 1.54) is 6.92 Å². The molecule has 0 aromatic carbocycles. The van der Waals surface area contributed by atoms with Crippen LogP contribution in [0.15, 0.2) is 0 Å². The quantitative estimate of drug-likeness (QED) is 0.324. The van der Waals surface area contributed by atoms with Gasteiger partial charge in [0.1, 0.15) is 6.61 Å². The molecular weight excluding hydrogens is 288 g/mol. The van der Waals surface area contributed by atoms with Gasteiger partial charge in [-0.15, -0.1) is 0 Å². The first-order valence-electron chi connectivity index (χ1n) is 7.93. The molecule has 0 aliphatic heterocycles. The molecule has 0 saturated heterocycles. The molecule has 1 unspecified atom stereocenters. The maximum atomic E-state index is 11.6. The summed E-state index contributed by atoms with van der Waals surface area (Å²) >= 11 is 0. The molecule has 0 spiro atoms. The van der Waals surface area contributed by atoms with Crippen molar-refractivity contribution >= 4 is 11.9 Å². The lowest BCUT2D eigenvalue weighted by Gasteiger charge is -2.20. The molecule has 7 nitrogen and oxygen atoms in total. The number of hydrogen-bond donors (Lipinski definition) is 3. The second-order valence-electron chi connectivity index (χ2n) is 5.34. The number of amides is 1. The lowest BCUT2D eigenvalue weighted by Crippen LogP contribution is -2.39. The number of ether oxygens (including phenoxy) is 1. The Morgan fingerprint density at radius 2 is 2.00 bits per heavy atom. The molecule has 0 radical (unpaired) electrons. The van der Waals surface area contributed by atoms with Crippen LogP contribution in [0.1, 0.15) is 39.5 Å². The summed E-state index contributed by atoms with van der Waals surface area (Å²) in [4.78, 5) is 24.8. The van der Waals surface area contributed by atoms with Gasteiger partial charge in [-0.1, -0.05) is 19.8 Å². The van der Waals surface area contributed by atoms with Crippen LogP contribution in [-0.2, 0) is 14.3 Å². The van der Waals surface area contributed by atoms with Crippen LogP contribution in [0, 0.1) is 0 Å². The van der Waals surface area contributed by atoms with Gasteiger partial charge >= 0.3 is 5.97 Å². The summed E-state index contributed by atoms with van der Waals surface area (Å²) in [6.07, 6.45) is 2.82. The van der Waals surface area contributed by atoms with Gasteiger partial charge in [0.05, 0.1) is 19.3 Å². The first kappa shape index (κ1) is 20.8. The average Bonchev–Trinajstić information content (AvgIpc) is 2.45. The smallest absolute Gasteiger partial charge is 0.320 e. The zero-order chi connectivity index (χ0) is 16.8. The minimum Gasteiger partial charge on any atom is -0.462 e. The van der Waals surface area contributed by atoms with Crippen molar-refractivity contribution in [3.63, 3.8) is 0 Å². The molecule has 0 fully saturated rings. The molecule has 1 atom stereocenters. The molecule has 130 valence electrons. The summed E-state index contributed by atoms with van der Waals surface area (Å²) in [5.41, 5.74) is 0. The van der Waals surface area contributed by atoms with Gasteiger partial charge < -0.3 is 20.3 Å². The number of carbonyl (C=O) groups is 2. The van der Waals surface area contributed by atoms with E-state index in [4.69, 9.17) is 14.9 Å². The zero-order valence-corrected chi connectivity index (χ0v) is 13.7. The van der Waals surface area contributed by atoms with E-state index >= 15 is 0 Å². The van der Waals surface area contributed by atoms with Crippen molar-refractivity contribution in [3.8, 4) is 0 Å². The van der Waals surface area contributed by atoms with E-state index < -0.39 is 12.1 Å². The molecule has 3 N–H and O–H groups in total. The first-order valence-corrected chi connectivity index (χ1v) is 7.93. The van der Waals surface area contributed by atoms with Crippen molar-refractivity contribution in [2.24, 2.45) is 0 Å². The molecule has 1 amide bonds. The predicted molar refractivity (Wildman–Crippen MR) is 83.3 cm³/mol. The van der Waals surface area contributed by atoms with Crippen molar-refractivity contribution in [1.82, 2.24) is 10.2 Å². The largest absolute Gasteiger partial charge is 0.462 e. The van der Waals surface area contributed by atoms with E-state index in [1.54, 1.807) is 4.90 Å². The summed E-state index contributed by atoms with van der Waals surface area (Å²) in [7, 11) is 0. The maximum Gasteiger partial charge on any atom is 0.320 e. The van der Waals surface area contributed by atoms with Gasteiger partial charge in [0.2, 0.25) is 5.91 Å². The van der Waals surface area contributed by atoms with E-state index in [2.05, 4.69) is 12.2 Å². The topological polar surface area (TPSA) is 99.1 Å². The monoisotopic (exact) mass is 318 g/mol. The third-order valence-corrected chi connectivity index (χ3v) is 3.01. The summed E-state index contributed by atoms with van der Waals surface area (Å²) in [6.45, 7) is 4.75. The Balaban J connectivity index is 3.93. The fraction of sp³-hybridized carbons (Fsp3) is 0.867. The summed E-state index contributed by atoms with van der Waals surface area (Å²) in [6, 6.07) is 0. The molecule has 22 heavy (non-hydrogen) atoms. The third kappa shape index (κ3) is 12.6. The van der Waals surface area contributed by atoms with Crippen LogP contribution in [0.2, 0.25) is 0 Å². The Hall–Kier alpha value is -1.18. The first-order chi connectivity index (χ1) is 10.5. The number of nitrogens with one attached hydrogen (secondary N) is 1. The van der Waals surface area contributed by atoms with Crippen LogP contribution in [0.5, 0.6) is 0 Å². The molecule has 7 heteroatoms. The lowest BCUT2D eigenvalue weighted by atomic mass is 10.2. The van der Waals surface area contributed by atoms with Gasteiger partial charge in [0, 0.05) is 26.1 Å². The minimum atomic E-state index is -0.697. The Labute approximate surface area is 132 Å². The van der Waals surface area contributed by atoms with Gasteiger partial charge in [-0.2, -0.15) is 0 Å². The van der Waals surface area contributed by atoms with Crippen LogP contribution >= 0.6 is 0 Å². The van der Waals surface area contributed by atoms with Gasteiger partial charge in [0.15, 0.2) is 0 Å². The highest BCUT2D eigenvalue weighted by Crippen LogP contribution is 1.98. The third-order valence-electron chi connectivity index (χ3n) is 3.01. The van der Waals surface area contributed by atoms with E-state index in [9.17, 15) is 9.59 Å². The Morgan fingerprint density at radius 1 is 1.27 bits per heavy atom. The predicted octanol–water partition coefficient (Wildman–Crippen LogP) is -0.0988. The summed E-state index contributed by atoms with van der Waals surface area (Å²) < 4.78 is 4.87. The van der Waals surface area contributed by atoms with Crippen molar-refractivity contribution in [3.05, 3.63) is 0 Å². The van der Waals surface area contributed by atoms with Gasteiger partial charge in [-0.25, -0.2) is 0 Å². The molecule has 0 aliphatic rings. The highest BCUT2D eigenvalue weighted by molar-refractivity contribution is 5.75. The number of rotatable bonds is 13. The SMILES string of the molecule is CCCCCC(=O)NCCN(CCO)CC(=O)OCC(C)O. The molecule has 0 rings (SSSR count). The van der Waals surface area contributed by atoms with Crippen molar-refractivity contribution < 1.29 is 24.5 Å². The second kappa shape index (κ2) is 13.5. The number of aliphatic hydroxyl groups is 2. The normalized spacial score (nSPS) is 12.2. The number of aliphatic hydroxyl groups excluding tert-OH is 2. The molecular formula is C15H30N2O5. The van der Waals surface area contributed by atoms with Crippen LogP contribution in [0.4, 0.5) is 0 Å². The molecule has 0 aliphatic carbocycles. The number of unbranched alkanes of at least 4 members (excludes halogenated alkanes) is 2. The molecule has 0 heterocycles. The van der Waals surface area contributed by atoms with Crippen molar-refractivity contribution in [1.29, 1.82) is 0 Å². The van der Waals surface area contributed by atoms with Crippen LogP contribution in [0.25, 0.3) is 0 Å². The van der Waals surface area contributed by atoms with Gasteiger partial charge in [-0.05, 0) is 13.3 Å². The van der Waals surface area contributed by atoms with E-state index in [0.717, 1.165) is 19.3 Å². The number of esters is 1. The van der Waals surface area contributed by atoms with Crippen LogP contribution in [0.3, 0.4) is 0 Å². The Kier molecular flexibility index (Phi) is 12.8. The summed E-state index contributed by atoms with van der Waals surface area (Å²) in [5, 5.41) is 20.8. The fourth-order valence-corrected chi connectivity index (χ4v) is 1.83. The molecule has 0 saturated carbocycles. The number of carbonyl (C=O) groups excluding carboxylic acids is 2. The van der Waals surface area contributed by atoms with E-state index in [-0.39, 0.29) is 25.7 Å². The van der Waals surface area contributed by atoms with E-state index in [0.29, 0.717) is 26.1 Å². The fourth-order valence-electron chi connectivity index (χ4n) is 1.83. The van der Waals surface area contributed by atoms with Gasteiger partial charge in [-0.3, -0.25) is 14.5 Å². The van der Waals surface area contributed by atoms with E-state index in [1.807, 2.05) is 0 Å². The van der Waals surface area contributed by atoms with Crippen molar-refractivity contribution in [2.75, 3.05) is 39.4 Å². The number of nitrogens with zero attached hydrogens (tertiary/aromatic N) is 1. The highest BCUT2D eigenvalue weighted by Gasteiger charge is 2.12. The standard InChI is InChI=1S/C15H30N2O5/c1-3-4-5-6-14(20)16-7-8-17(9-10-18)11-15(21)22-12-13(2)19/h13,18-19H,3-12H2,1-2H3,(H,16,20). The van der Waals surface area contributed by atoms with Gasteiger partial charge in [0.25, 0.3) is 0 Å². The maximum absolute atomic E-state index is 11.6. The molecule has 0 aromatic rings. The lowest BCUT2D eigenvalue weighted by molar-refractivity contribution is -0.147.